The van der Waals surface area contributed by atoms with E-state index in [0.29, 0.717) is 0 Å². The second-order valence-corrected chi connectivity index (χ2v) is 5.16. The van der Waals surface area contributed by atoms with Gasteiger partial charge in [-0.1, -0.05) is 71.6 Å². The molecular formula is C14H28. The third-order valence-corrected chi connectivity index (χ3v) is 3.94. The maximum Gasteiger partial charge on any atom is -0.0412 e. The Morgan fingerprint density at radius 1 is 0.857 bits per heavy atom. The SMILES string of the molecule is CCCCCCCC1CCC(CC)C1. The van der Waals surface area contributed by atoms with Gasteiger partial charge in [0.25, 0.3) is 0 Å². The summed E-state index contributed by atoms with van der Waals surface area (Å²) in [5.41, 5.74) is 0. The van der Waals surface area contributed by atoms with Crippen LogP contribution in [-0.2, 0) is 0 Å². The molecule has 0 saturated heterocycles. The van der Waals surface area contributed by atoms with Gasteiger partial charge in [-0.15, -0.1) is 0 Å². The molecule has 14 heavy (non-hydrogen) atoms. The van der Waals surface area contributed by atoms with Crippen LogP contribution < -0.4 is 0 Å². The summed E-state index contributed by atoms with van der Waals surface area (Å²) >= 11 is 0. The minimum absolute atomic E-state index is 1.08. The van der Waals surface area contributed by atoms with Crippen LogP contribution in [0.5, 0.6) is 0 Å². The molecule has 2 unspecified atom stereocenters. The molecule has 0 aliphatic heterocycles. The Bertz CT molecular complexity index is 128. The van der Waals surface area contributed by atoms with Crippen LogP contribution >= 0.6 is 0 Å². The van der Waals surface area contributed by atoms with Crippen LogP contribution in [0, 0.1) is 11.8 Å². The van der Waals surface area contributed by atoms with Crippen molar-refractivity contribution in [2.75, 3.05) is 0 Å². The zero-order valence-corrected chi connectivity index (χ0v) is 10.2. The van der Waals surface area contributed by atoms with E-state index >= 15 is 0 Å². The quantitative estimate of drug-likeness (QED) is 0.493. The summed E-state index contributed by atoms with van der Waals surface area (Å²) in [5, 5.41) is 0. The number of unbranched alkanes of at least 4 members (excludes halogenated alkanes) is 4. The highest BCUT2D eigenvalue weighted by Crippen LogP contribution is 2.35. The topological polar surface area (TPSA) is 0 Å². The van der Waals surface area contributed by atoms with Gasteiger partial charge in [0.05, 0.1) is 0 Å². The fourth-order valence-electron chi connectivity index (χ4n) is 2.85. The molecule has 1 rings (SSSR count). The second kappa shape index (κ2) is 7.31. The van der Waals surface area contributed by atoms with Crippen molar-refractivity contribution in [3.63, 3.8) is 0 Å². The van der Waals surface area contributed by atoms with Crippen LogP contribution in [0.1, 0.15) is 78.1 Å². The fourth-order valence-corrected chi connectivity index (χ4v) is 2.85. The van der Waals surface area contributed by atoms with Gasteiger partial charge in [0.15, 0.2) is 0 Å². The van der Waals surface area contributed by atoms with E-state index in [1.807, 2.05) is 0 Å². The first-order chi connectivity index (χ1) is 6.86. The van der Waals surface area contributed by atoms with Crippen molar-refractivity contribution in [1.82, 2.24) is 0 Å². The largest absolute Gasteiger partial charge is 0.0654 e. The van der Waals surface area contributed by atoms with Gasteiger partial charge in [-0.2, -0.15) is 0 Å². The van der Waals surface area contributed by atoms with Gasteiger partial charge in [-0.3, -0.25) is 0 Å². The molecule has 1 aliphatic carbocycles. The monoisotopic (exact) mass is 196 g/mol. The molecule has 0 amide bonds. The average Bonchev–Trinajstić information content (AvgIpc) is 2.65. The Morgan fingerprint density at radius 3 is 2.21 bits per heavy atom. The molecule has 2 atom stereocenters. The number of hydrogen-bond acceptors (Lipinski definition) is 0. The van der Waals surface area contributed by atoms with Crippen molar-refractivity contribution in [1.29, 1.82) is 0 Å². The predicted octanol–water partition coefficient (Wildman–Crippen LogP) is 5.17. The van der Waals surface area contributed by atoms with Crippen LogP contribution in [0.25, 0.3) is 0 Å². The van der Waals surface area contributed by atoms with Gasteiger partial charge in [-0.25, -0.2) is 0 Å². The van der Waals surface area contributed by atoms with Crippen LogP contribution in [-0.4, -0.2) is 0 Å². The molecule has 0 radical (unpaired) electrons. The first kappa shape index (κ1) is 12.1. The third kappa shape index (κ3) is 4.48. The molecule has 1 fully saturated rings. The van der Waals surface area contributed by atoms with Crippen LogP contribution in [0.3, 0.4) is 0 Å². The maximum atomic E-state index is 2.36. The van der Waals surface area contributed by atoms with Crippen molar-refractivity contribution < 1.29 is 0 Å². The van der Waals surface area contributed by atoms with Crippen molar-refractivity contribution in [2.24, 2.45) is 11.8 Å². The molecule has 1 saturated carbocycles. The maximum absolute atomic E-state index is 2.36. The standard InChI is InChI=1S/C14H28/c1-3-5-6-7-8-9-14-11-10-13(4-2)12-14/h13-14H,3-12H2,1-2H3. The van der Waals surface area contributed by atoms with Crippen LogP contribution in [0.4, 0.5) is 0 Å². The highest BCUT2D eigenvalue weighted by molar-refractivity contribution is 4.74. The van der Waals surface area contributed by atoms with E-state index in [2.05, 4.69) is 13.8 Å². The third-order valence-electron chi connectivity index (χ3n) is 3.94. The van der Waals surface area contributed by atoms with Crippen molar-refractivity contribution in [3.8, 4) is 0 Å². The van der Waals surface area contributed by atoms with E-state index in [0.717, 1.165) is 11.8 Å². The Hall–Kier alpha value is 0. The molecule has 0 aromatic rings. The van der Waals surface area contributed by atoms with Gasteiger partial charge in [0, 0.05) is 0 Å². The normalized spacial score (nSPS) is 27.0. The molecule has 84 valence electrons. The summed E-state index contributed by atoms with van der Waals surface area (Å²) < 4.78 is 0. The molecule has 0 aromatic carbocycles. The molecule has 0 heteroatoms. The molecule has 0 aromatic heterocycles. The summed E-state index contributed by atoms with van der Waals surface area (Å²) in [5.74, 6) is 2.18. The van der Waals surface area contributed by atoms with E-state index in [4.69, 9.17) is 0 Å². The Labute approximate surface area is 90.5 Å². The van der Waals surface area contributed by atoms with Crippen LogP contribution in [0.15, 0.2) is 0 Å². The molecule has 0 bridgehead atoms. The summed E-state index contributed by atoms with van der Waals surface area (Å²) in [6.45, 7) is 4.65. The average molecular weight is 196 g/mol. The second-order valence-electron chi connectivity index (χ2n) is 5.16. The minimum Gasteiger partial charge on any atom is -0.0654 e. The lowest BCUT2D eigenvalue weighted by atomic mass is 9.97. The lowest BCUT2D eigenvalue weighted by Gasteiger charge is -2.09. The molecule has 1 aliphatic rings. The van der Waals surface area contributed by atoms with Gasteiger partial charge < -0.3 is 0 Å². The van der Waals surface area contributed by atoms with Crippen LogP contribution in [0.2, 0.25) is 0 Å². The highest BCUT2D eigenvalue weighted by Gasteiger charge is 2.22. The van der Waals surface area contributed by atoms with Gasteiger partial charge in [-0.05, 0) is 18.3 Å². The highest BCUT2D eigenvalue weighted by atomic mass is 14.3. The van der Waals surface area contributed by atoms with E-state index in [9.17, 15) is 0 Å². The van der Waals surface area contributed by atoms with Gasteiger partial charge in [0.1, 0.15) is 0 Å². The van der Waals surface area contributed by atoms with Gasteiger partial charge >= 0.3 is 0 Å². The zero-order chi connectivity index (χ0) is 10.2. The first-order valence-electron chi connectivity index (χ1n) is 6.86. The number of hydrogen-bond donors (Lipinski definition) is 0. The van der Waals surface area contributed by atoms with E-state index in [-0.39, 0.29) is 0 Å². The minimum atomic E-state index is 1.08. The molecule has 0 nitrogen and oxygen atoms in total. The van der Waals surface area contributed by atoms with Gasteiger partial charge in [0.2, 0.25) is 0 Å². The lowest BCUT2D eigenvalue weighted by Crippen LogP contribution is -1.95. The summed E-state index contributed by atoms with van der Waals surface area (Å²) in [7, 11) is 0. The Balaban J connectivity index is 1.92. The Kier molecular flexibility index (Phi) is 6.31. The number of rotatable bonds is 7. The molecule has 0 N–H and O–H groups in total. The Morgan fingerprint density at radius 2 is 1.57 bits per heavy atom. The molecule has 0 heterocycles. The fraction of sp³-hybridized carbons (Fsp3) is 1.00. The summed E-state index contributed by atoms with van der Waals surface area (Å²) in [6.07, 6.45) is 14.8. The van der Waals surface area contributed by atoms with Crippen molar-refractivity contribution in [2.45, 2.75) is 78.1 Å². The van der Waals surface area contributed by atoms with E-state index in [1.54, 1.807) is 6.42 Å². The van der Waals surface area contributed by atoms with E-state index < -0.39 is 0 Å². The summed E-state index contributed by atoms with van der Waals surface area (Å²) in [4.78, 5) is 0. The van der Waals surface area contributed by atoms with Crippen molar-refractivity contribution >= 4 is 0 Å². The van der Waals surface area contributed by atoms with E-state index in [1.165, 1.54) is 57.8 Å². The lowest BCUT2D eigenvalue weighted by molar-refractivity contribution is 0.435. The first-order valence-corrected chi connectivity index (χ1v) is 6.86. The predicted molar refractivity (Wildman–Crippen MR) is 64.5 cm³/mol. The molecule has 0 spiro atoms. The smallest absolute Gasteiger partial charge is 0.0412 e. The van der Waals surface area contributed by atoms with Crippen molar-refractivity contribution in [3.05, 3.63) is 0 Å². The zero-order valence-electron chi connectivity index (χ0n) is 10.2. The summed E-state index contributed by atoms with van der Waals surface area (Å²) in [6, 6.07) is 0. The molecular weight excluding hydrogens is 168 g/mol.